The van der Waals surface area contributed by atoms with E-state index in [0.29, 0.717) is 5.39 Å². The maximum atomic E-state index is 9.33. The first-order valence-corrected chi connectivity index (χ1v) is 3.73. The van der Waals surface area contributed by atoms with E-state index in [1.165, 1.54) is 6.07 Å². The van der Waals surface area contributed by atoms with E-state index in [1.54, 1.807) is 24.5 Å². The molecule has 0 bridgehead atoms. The van der Waals surface area contributed by atoms with Gasteiger partial charge >= 0.3 is 5.69 Å². The van der Waals surface area contributed by atoms with Gasteiger partial charge in [0.05, 0.1) is 5.39 Å². The topological polar surface area (TPSA) is 61.3 Å². The first-order valence-electron chi connectivity index (χ1n) is 3.73. The molecule has 0 radical (unpaired) electrons. The van der Waals surface area contributed by atoms with Gasteiger partial charge in [-0.3, -0.25) is 4.98 Å². The SMILES string of the molecule is N#[N+]c1c(O)ccc2ccncc12. The van der Waals surface area contributed by atoms with Gasteiger partial charge < -0.3 is 5.11 Å². The summed E-state index contributed by atoms with van der Waals surface area (Å²) in [7, 11) is 0. The highest BCUT2D eigenvalue weighted by molar-refractivity contribution is 5.96. The molecule has 0 spiro atoms. The van der Waals surface area contributed by atoms with Crippen molar-refractivity contribution < 1.29 is 5.11 Å². The molecule has 1 aromatic carbocycles. The van der Waals surface area contributed by atoms with E-state index >= 15 is 0 Å². The van der Waals surface area contributed by atoms with Gasteiger partial charge in [-0.1, -0.05) is 0 Å². The Bertz CT molecular complexity index is 502. The van der Waals surface area contributed by atoms with Crippen LogP contribution in [0.15, 0.2) is 30.6 Å². The van der Waals surface area contributed by atoms with Crippen molar-refractivity contribution in [2.75, 3.05) is 0 Å². The number of hydrogen-bond acceptors (Lipinski definition) is 3. The Morgan fingerprint density at radius 3 is 2.92 bits per heavy atom. The van der Waals surface area contributed by atoms with Gasteiger partial charge in [0.2, 0.25) is 11.1 Å². The molecular weight excluding hydrogens is 166 g/mol. The second-order valence-corrected chi connectivity index (χ2v) is 2.63. The van der Waals surface area contributed by atoms with E-state index in [0.717, 1.165) is 5.39 Å². The Hall–Kier alpha value is -2.15. The minimum atomic E-state index is -0.0528. The fourth-order valence-corrected chi connectivity index (χ4v) is 1.24. The second kappa shape index (κ2) is 2.72. The lowest BCUT2D eigenvalue weighted by atomic mass is 10.1. The summed E-state index contributed by atoms with van der Waals surface area (Å²) in [6.07, 6.45) is 3.19. The predicted octanol–water partition coefficient (Wildman–Crippen LogP) is 2.42. The maximum Gasteiger partial charge on any atom is 0.435 e. The zero-order valence-corrected chi connectivity index (χ0v) is 6.68. The number of aromatic nitrogens is 1. The number of diazo groups is 1. The third kappa shape index (κ3) is 1.07. The molecule has 0 unspecified atom stereocenters. The van der Waals surface area contributed by atoms with Crippen molar-refractivity contribution >= 4 is 16.5 Å². The Morgan fingerprint density at radius 1 is 1.31 bits per heavy atom. The molecule has 13 heavy (non-hydrogen) atoms. The molecule has 0 aliphatic heterocycles. The molecule has 0 atom stereocenters. The molecule has 1 aromatic heterocycles. The van der Waals surface area contributed by atoms with Gasteiger partial charge in [0.15, 0.2) is 4.98 Å². The molecule has 1 heterocycles. The Balaban J connectivity index is 2.94. The number of fused-ring (bicyclic) bond motifs is 1. The summed E-state index contributed by atoms with van der Waals surface area (Å²) >= 11 is 0. The Labute approximate surface area is 74.1 Å². The standard InChI is InChI=1S/C9H5N3O/c10-12-9-7-5-11-4-3-6(7)1-2-8(9)13/h1-5H/p+1. The van der Waals surface area contributed by atoms with Crippen LogP contribution in [0.1, 0.15) is 0 Å². The summed E-state index contributed by atoms with van der Waals surface area (Å²) in [4.78, 5) is 6.89. The molecule has 2 rings (SSSR count). The summed E-state index contributed by atoms with van der Waals surface area (Å²) in [6, 6.07) is 5.00. The van der Waals surface area contributed by atoms with Crippen LogP contribution in [0.25, 0.3) is 15.7 Å². The number of rotatable bonds is 0. The zero-order valence-electron chi connectivity index (χ0n) is 6.68. The molecule has 0 saturated heterocycles. The lowest BCUT2D eigenvalue weighted by Gasteiger charge is -1.93. The summed E-state index contributed by atoms with van der Waals surface area (Å²) in [5, 5.41) is 19.5. The van der Waals surface area contributed by atoms with Gasteiger partial charge in [-0.15, -0.1) is 0 Å². The van der Waals surface area contributed by atoms with Crippen molar-refractivity contribution in [1.29, 1.82) is 5.39 Å². The molecule has 62 valence electrons. The molecule has 0 aliphatic rings. The third-order valence-electron chi connectivity index (χ3n) is 1.87. The van der Waals surface area contributed by atoms with Crippen LogP contribution in [0.3, 0.4) is 0 Å². The number of hydrogen-bond donors (Lipinski definition) is 1. The van der Waals surface area contributed by atoms with Crippen molar-refractivity contribution in [3.05, 3.63) is 35.6 Å². The first kappa shape index (κ1) is 7.50. The molecule has 0 fully saturated rings. The van der Waals surface area contributed by atoms with Crippen molar-refractivity contribution in [3.63, 3.8) is 0 Å². The average molecular weight is 172 g/mol. The van der Waals surface area contributed by atoms with E-state index in [9.17, 15) is 5.11 Å². The highest BCUT2D eigenvalue weighted by Gasteiger charge is 2.17. The van der Waals surface area contributed by atoms with Gasteiger partial charge in [-0.2, -0.15) is 0 Å². The minimum absolute atomic E-state index is 0.0528. The van der Waals surface area contributed by atoms with E-state index < -0.39 is 0 Å². The van der Waals surface area contributed by atoms with Crippen LogP contribution in [-0.2, 0) is 0 Å². The van der Waals surface area contributed by atoms with Crippen molar-refractivity contribution in [1.82, 2.24) is 4.98 Å². The largest absolute Gasteiger partial charge is 0.501 e. The van der Waals surface area contributed by atoms with Gasteiger partial charge in [0.25, 0.3) is 0 Å². The molecular formula is C9H6N3O+. The fraction of sp³-hybridized carbons (Fsp3) is 0. The van der Waals surface area contributed by atoms with Crippen molar-refractivity contribution in [2.24, 2.45) is 0 Å². The van der Waals surface area contributed by atoms with Gasteiger partial charge in [-0.25, -0.2) is 0 Å². The van der Waals surface area contributed by atoms with Crippen LogP contribution in [0.5, 0.6) is 5.75 Å². The van der Waals surface area contributed by atoms with Crippen LogP contribution in [0.2, 0.25) is 0 Å². The summed E-state index contributed by atoms with van der Waals surface area (Å²) < 4.78 is 0. The molecule has 4 heteroatoms. The second-order valence-electron chi connectivity index (χ2n) is 2.63. The van der Waals surface area contributed by atoms with E-state index in [4.69, 9.17) is 5.39 Å². The van der Waals surface area contributed by atoms with Crippen LogP contribution in [0.4, 0.5) is 5.69 Å². The van der Waals surface area contributed by atoms with E-state index in [-0.39, 0.29) is 11.4 Å². The number of aromatic hydroxyl groups is 1. The minimum Gasteiger partial charge on any atom is -0.501 e. The first-order chi connectivity index (χ1) is 6.33. The molecule has 4 nitrogen and oxygen atoms in total. The van der Waals surface area contributed by atoms with Crippen molar-refractivity contribution in [2.45, 2.75) is 0 Å². The maximum absolute atomic E-state index is 9.33. The van der Waals surface area contributed by atoms with Crippen molar-refractivity contribution in [3.8, 4) is 5.75 Å². The quantitative estimate of drug-likeness (QED) is 0.620. The number of pyridine rings is 1. The summed E-state index contributed by atoms with van der Waals surface area (Å²) in [5.41, 5.74) is 0.158. The zero-order chi connectivity index (χ0) is 9.26. The number of phenols is 1. The van der Waals surface area contributed by atoms with Crippen LogP contribution in [-0.4, -0.2) is 10.1 Å². The smallest absolute Gasteiger partial charge is 0.435 e. The van der Waals surface area contributed by atoms with Gasteiger partial charge in [0.1, 0.15) is 0 Å². The lowest BCUT2D eigenvalue weighted by Crippen LogP contribution is -1.75. The van der Waals surface area contributed by atoms with Crippen LogP contribution in [0, 0.1) is 5.39 Å². The van der Waals surface area contributed by atoms with Crippen LogP contribution < -0.4 is 0 Å². The number of phenolic OH excluding ortho intramolecular Hbond substituents is 1. The molecule has 2 aromatic rings. The summed E-state index contributed by atoms with van der Waals surface area (Å²) in [6.45, 7) is 0. The predicted molar refractivity (Wildman–Crippen MR) is 48.2 cm³/mol. The van der Waals surface area contributed by atoms with Gasteiger partial charge in [-0.05, 0) is 23.6 Å². The fourth-order valence-electron chi connectivity index (χ4n) is 1.24. The molecule has 1 N–H and O–H groups in total. The Kier molecular flexibility index (Phi) is 1.57. The summed E-state index contributed by atoms with van der Waals surface area (Å²) in [5.74, 6) is -0.0528. The highest BCUT2D eigenvalue weighted by Crippen LogP contribution is 2.33. The van der Waals surface area contributed by atoms with E-state index in [1.807, 2.05) is 0 Å². The monoisotopic (exact) mass is 172 g/mol. The molecule has 0 saturated carbocycles. The Morgan fingerprint density at radius 2 is 2.15 bits per heavy atom. The molecule has 0 amide bonds. The van der Waals surface area contributed by atoms with Crippen LogP contribution >= 0.6 is 0 Å². The van der Waals surface area contributed by atoms with Gasteiger partial charge in [0, 0.05) is 12.4 Å². The highest BCUT2D eigenvalue weighted by atomic mass is 16.3. The third-order valence-corrected chi connectivity index (χ3v) is 1.87. The van der Waals surface area contributed by atoms with E-state index in [2.05, 4.69) is 9.96 Å². The normalized spacial score (nSPS) is 9.77. The lowest BCUT2D eigenvalue weighted by molar-refractivity contribution is 0.479. The molecule has 0 aliphatic carbocycles. The average Bonchev–Trinajstić information content (AvgIpc) is 2.18. The number of nitrogens with zero attached hydrogens (tertiary/aromatic N) is 3. The number of benzene rings is 1.